The average Bonchev–Trinajstić information content (AvgIpc) is 2.52. The van der Waals surface area contributed by atoms with E-state index in [0.717, 1.165) is 5.56 Å². The summed E-state index contributed by atoms with van der Waals surface area (Å²) in [6.07, 6.45) is -2.56. The molecule has 8 heteroatoms. The molecule has 27 heavy (non-hydrogen) atoms. The predicted octanol–water partition coefficient (Wildman–Crippen LogP) is 1.30. The third kappa shape index (κ3) is 8.85. The number of carbonyl (C=O) groups excluding carboxylic acids is 2. The zero-order chi connectivity index (χ0) is 20.7. The molecule has 4 N–H and O–H groups in total. The maximum Gasteiger partial charge on any atom is 0.408 e. The second-order valence-electron chi connectivity index (χ2n) is 7.75. The molecule has 152 valence electrons. The maximum absolute atomic E-state index is 12.5. The van der Waals surface area contributed by atoms with Gasteiger partial charge in [-0.1, -0.05) is 30.3 Å². The smallest absolute Gasteiger partial charge is 0.408 e. The fourth-order valence-electron chi connectivity index (χ4n) is 2.04. The van der Waals surface area contributed by atoms with Crippen LogP contribution in [0.15, 0.2) is 30.3 Å². The Balaban J connectivity index is 2.58. The highest BCUT2D eigenvalue weighted by Crippen LogP contribution is 2.10. The summed E-state index contributed by atoms with van der Waals surface area (Å²) in [6, 6.07) is 8.30. The Bertz CT molecular complexity index is 610. The first-order valence-corrected chi connectivity index (χ1v) is 8.70. The summed E-state index contributed by atoms with van der Waals surface area (Å²) in [5, 5.41) is 24.0. The van der Waals surface area contributed by atoms with Gasteiger partial charge in [-0.25, -0.2) is 4.79 Å². The van der Waals surface area contributed by atoms with Crippen molar-refractivity contribution in [3.05, 3.63) is 35.9 Å². The van der Waals surface area contributed by atoms with Crippen molar-refractivity contribution in [3.63, 3.8) is 0 Å². The lowest BCUT2D eigenvalue weighted by atomic mass is 10.0. The van der Waals surface area contributed by atoms with Gasteiger partial charge in [-0.2, -0.15) is 0 Å². The highest BCUT2D eigenvalue weighted by molar-refractivity contribution is 5.89. The Morgan fingerprint density at radius 1 is 1.07 bits per heavy atom. The zero-order valence-electron chi connectivity index (χ0n) is 16.5. The number of aliphatic hydroxyl groups excluding tert-OH is 1. The molecule has 0 saturated heterocycles. The molecule has 0 spiro atoms. The maximum atomic E-state index is 12.5. The van der Waals surface area contributed by atoms with Gasteiger partial charge < -0.3 is 30.3 Å². The largest absolute Gasteiger partial charge is 0.444 e. The van der Waals surface area contributed by atoms with Crippen LogP contribution in [0.3, 0.4) is 0 Å². The molecule has 1 aromatic carbocycles. The number of hydrogen-bond acceptors (Lipinski definition) is 6. The van der Waals surface area contributed by atoms with Gasteiger partial charge in [-0.3, -0.25) is 4.79 Å². The summed E-state index contributed by atoms with van der Waals surface area (Å²) in [5.41, 5.74) is -1.11. The average molecular weight is 382 g/mol. The molecule has 0 aliphatic carbocycles. The molecule has 0 heterocycles. The fraction of sp³-hybridized carbons (Fsp3) is 0.579. The summed E-state index contributed by atoms with van der Waals surface area (Å²) in [4.78, 5) is 24.3. The van der Waals surface area contributed by atoms with Gasteiger partial charge in [0.1, 0.15) is 17.2 Å². The van der Waals surface area contributed by atoms with E-state index >= 15 is 0 Å². The second kappa shape index (κ2) is 9.68. The van der Waals surface area contributed by atoms with Crippen LogP contribution in [0.25, 0.3) is 0 Å². The number of nitrogens with one attached hydrogen (secondary N) is 2. The van der Waals surface area contributed by atoms with E-state index in [1.54, 1.807) is 20.8 Å². The number of hydrogen-bond donors (Lipinski definition) is 4. The van der Waals surface area contributed by atoms with Crippen molar-refractivity contribution in [2.75, 3.05) is 6.61 Å². The number of ether oxygens (including phenoxy) is 2. The van der Waals surface area contributed by atoms with E-state index < -0.39 is 35.5 Å². The van der Waals surface area contributed by atoms with Crippen molar-refractivity contribution >= 4 is 12.0 Å². The number of amides is 2. The third-order valence-electron chi connectivity index (χ3n) is 3.47. The summed E-state index contributed by atoms with van der Waals surface area (Å²) in [7, 11) is 0. The van der Waals surface area contributed by atoms with Crippen molar-refractivity contribution in [1.29, 1.82) is 0 Å². The monoisotopic (exact) mass is 382 g/mol. The Morgan fingerprint density at radius 3 is 2.19 bits per heavy atom. The first-order valence-electron chi connectivity index (χ1n) is 8.70. The fourth-order valence-corrected chi connectivity index (χ4v) is 2.04. The number of carbonyl (C=O) groups is 2. The van der Waals surface area contributed by atoms with Crippen molar-refractivity contribution in [2.45, 2.75) is 64.7 Å². The number of aliphatic hydroxyl groups is 2. The summed E-state index contributed by atoms with van der Waals surface area (Å²) >= 11 is 0. The molecule has 0 bridgehead atoms. The lowest BCUT2D eigenvalue weighted by Gasteiger charge is -2.30. The molecule has 1 unspecified atom stereocenters. The van der Waals surface area contributed by atoms with Gasteiger partial charge in [0, 0.05) is 0 Å². The van der Waals surface area contributed by atoms with Crippen LogP contribution in [-0.2, 0) is 20.9 Å². The normalized spacial score (nSPS) is 13.2. The zero-order valence-corrected chi connectivity index (χ0v) is 16.5. The van der Waals surface area contributed by atoms with Crippen molar-refractivity contribution < 1.29 is 29.3 Å². The quantitative estimate of drug-likeness (QED) is 0.504. The molecular formula is C19H30N2O6. The van der Waals surface area contributed by atoms with Crippen LogP contribution in [0.2, 0.25) is 0 Å². The summed E-state index contributed by atoms with van der Waals surface area (Å²) < 4.78 is 10.6. The van der Waals surface area contributed by atoms with Gasteiger partial charge in [-0.05, 0) is 40.2 Å². The molecule has 0 saturated carbocycles. The Labute approximate surface area is 159 Å². The van der Waals surface area contributed by atoms with E-state index in [1.807, 2.05) is 30.3 Å². The Kier molecular flexibility index (Phi) is 8.20. The standard InChI is InChI=1S/C19H30N2O6/c1-18(2,3)27-17(25)21-19(4,5)16(24)20-14(15(22)23)12-26-11-13-9-7-6-8-10-13/h6-10,14-15,22-23H,11-12H2,1-5H3,(H,20,24)(H,21,25). The molecule has 0 fully saturated rings. The van der Waals surface area contributed by atoms with Gasteiger partial charge in [-0.15, -0.1) is 0 Å². The van der Waals surface area contributed by atoms with Gasteiger partial charge in [0.05, 0.1) is 13.2 Å². The minimum absolute atomic E-state index is 0.110. The molecule has 1 aromatic rings. The third-order valence-corrected chi connectivity index (χ3v) is 3.47. The number of benzene rings is 1. The van der Waals surface area contributed by atoms with Gasteiger partial charge in [0.25, 0.3) is 0 Å². The molecule has 0 aromatic heterocycles. The molecule has 0 aliphatic rings. The van der Waals surface area contributed by atoms with E-state index in [4.69, 9.17) is 9.47 Å². The molecule has 0 aliphatic heterocycles. The number of alkyl carbamates (subject to hydrolysis) is 1. The molecule has 1 atom stereocenters. The lowest BCUT2D eigenvalue weighted by Crippen LogP contribution is -2.59. The van der Waals surface area contributed by atoms with Crippen LogP contribution >= 0.6 is 0 Å². The highest BCUT2D eigenvalue weighted by Gasteiger charge is 2.34. The van der Waals surface area contributed by atoms with Crippen LogP contribution < -0.4 is 10.6 Å². The van der Waals surface area contributed by atoms with Crippen LogP contribution in [0.5, 0.6) is 0 Å². The van der Waals surface area contributed by atoms with E-state index in [1.165, 1.54) is 13.8 Å². The number of rotatable bonds is 8. The molecular weight excluding hydrogens is 352 g/mol. The van der Waals surface area contributed by atoms with Crippen molar-refractivity contribution in [2.24, 2.45) is 0 Å². The van der Waals surface area contributed by atoms with Crippen molar-refractivity contribution in [3.8, 4) is 0 Å². The SMILES string of the molecule is CC(C)(C)OC(=O)NC(C)(C)C(=O)NC(COCc1ccccc1)C(O)O. The van der Waals surface area contributed by atoms with E-state index in [2.05, 4.69) is 10.6 Å². The van der Waals surface area contributed by atoms with E-state index in [9.17, 15) is 19.8 Å². The van der Waals surface area contributed by atoms with E-state index in [0.29, 0.717) is 0 Å². The Hall–Kier alpha value is -2.16. The summed E-state index contributed by atoms with van der Waals surface area (Å²) in [6.45, 7) is 8.25. The predicted molar refractivity (Wildman–Crippen MR) is 99.7 cm³/mol. The minimum atomic E-state index is -1.82. The van der Waals surface area contributed by atoms with Crippen LogP contribution in [0.1, 0.15) is 40.2 Å². The van der Waals surface area contributed by atoms with E-state index in [-0.39, 0.29) is 13.2 Å². The molecule has 0 radical (unpaired) electrons. The topological polar surface area (TPSA) is 117 Å². The molecule has 1 rings (SSSR count). The van der Waals surface area contributed by atoms with Crippen LogP contribution in [0.4, 0.5) is 4.79 Å². The van der Waals surface area contributed by atoms with Gasteiger partial charge in [0.15, 0.2) is 6.29 Å². The first-order chi connectivity index (χ1) is 12.4. The second-order valence-corrected chi connectivity index (χ2v) is 7.75. The van der Waals surface area contributed by atoms with Crippen LogP contribution in [0, 0.1) is 0 Å². The van der Waals surface area contributed by atoms with Gasteiger partial charge >= 0.3 is 6.09 Å². The Morgan fingerprint density at radius 2 is 1.67 bits per heavy atom. The summed E-state index contributed by atoms with van der Waals surface area (Å²) in [5.74, 6) is -0.602. The van der Waals surface area contributed by atoms with Gasteiger partial charge in [0.2, 0.25) is 5.91 Å². The van der Waals surface area contributed by atoms with Crippen molar-refractivity contribution in [1.82, 2.24) is 10.6 Å². The highest BCUT2D eigenvalue weighted by atomic mass is 16.6. The van der Waals surface area contributed by atoms with Crippen LogP contribution in [-0.4, -0.2) is 52.3 Å². The molecule has 8 nitrogen and oxygen atoms in total. The minimum Gasteiger partial charge on any atom is -0.444 e. The molecule has 2 amide bonds. The lowest BCUT2D eigenvalue weighted by molar-refractivity contribution is -0.134. The first kappa shape index (κ1) is 22.9.